The molecule has 0 radical (unpaired) electrons. The lowest BCUT2D eigenvalue weighted by molar-refractivity contribution is 0.0748. The van der Waals surface area contributed by atoms with Crippen LogP contribution in [0.3, 0.4) is 0 Å². The molecule has 7 nitrogen and oxygen atoms in total. The van der Waals surface area contributed by atoms with Gasteiger partial charge in [-0.15, -0.1) is 0 Å². The Balaban J connectivity index is 1.53. The van der Waals surface area contributed by atoms with E-state index in [2.05, 4.69) is 15.2 Å². The van der Waals surface area contributed by atoms with Crippen molar-refractivity contribution >= 4 is 22.6 Å². The number of hydrogen-bond donors (Lipinski definition) is 0. The number of fused-ring (bicyclic) bond motifs is 1. The quantitative estimate of drug-likeness (QED) is 0.719. The van der Waals surface area contributed by atoms with E-state index in [0.29, 0.717) is 13.1 Å². The average Bonchev–Trinajstić information content (AvgIpc) is 3.19. The Hall–Kier alpha value is -2.83. The van der Waals surface area contributed by atoms with Gasteiger partial charge in [0.15, 0.2) is 5.82 Å². The highest BCUT2D eigenvalue weighted by Crippen LogP contribution is 2.23. The van der Waals surface area contributed by atoms with E-state index in [1.807, 2.05) is 53.9 Å². The van der Waals surface area contributed by atoms with E-state index < -0.39 is 0 Å². The van der Waals surface area contributed by atoms with Crippen LogP contribution in [0.25, 0.3) is 10.9 Å². The van der Waals surface area contributed by atoms with Crippen molar-refractivity contribution < 1.29 is 9.42 Å². The van der Waals surface area contributed by atoms with Crippen LogP contribution in [0, 0.1) is 6.92 Å². The molecule has 3 heterocycles. The third-order valence-corrected chi connectivity index (χ3v) is 4.62. The van der Waals surface area contributed by atoms with Crippen molar-refractivity contribution in [3.05, 3.63) is 41.7 Å². The van der Waals surface area contributed by atoms with Gasteiger partial charge in [0.25, 0.3) is 5.91 Å². The van der Waals surface area contributed by atoms with E-state index in [-0.39, 0.29) is 5.91 Å². The van der Waals surface area contributed by atoms with Crippen molar-refractivity contribution in [3.63, 3.8) is 0 Å². The number of aryl methyl sites for hydroxylation is 2. The standard InChI is InChI=1S/C17H19N5O2/c1-12-16(19-24-18-12)21-7-9-22(10-8-21)17(23)14-11-20(2)15-6-4-3-5-13(14)15/h3-6,11H,7-10H2,1-2H3. The lowest BCUT2D eigenvalue weighted by Gasteiger charge is -2.34. The Kier molecular flexibility index (Phi) is 3.48. The zero-order valence-corrected chi connectivity index (χ0v) is 13.8. The molecule has 24 heavy (non-hydrogen) atoms. The first kappa shape index (κ1) is 14.7. The molecule has 0 saturated carbocycles. The fourth-order valence-electron chi connectivity index (χ4n) is 3.32. The van der Waals surface area contributed by atoms with Gasteiger partial charge in [0, 0.05) is 50.3 Å². The van der Waals surface area contributed by atoms with Crippen LogP contribution in [-0.2, 0) is 7.05 Å². The van der Waals surface area contributed by atoms with Crippen LogP contribution in [0.4, 0.5) is 5.82 Å². The zero-order chi connectivity index (χ0) is 16.7. The SMILES string of the molecule is Cc1nonc1N1CCN(C(=O)c2cn(C)c3ccccc23)CC1. The van der Waals surface area contributed by atoms with Crippen LogP contribution in [0.2, 0.25) is 0 Å². The van der Waals surface area contributed by atoms with Crippen LogP contribution in [0.15, 0.2) is 35.1 Å². The molecule has 4 rings (SSSR count). The Morgan fingerprint density at radius 3 is 2.58 bits per heavy atom. The number of rotatable bonds is 2. The summed E-state index contributed by atoms with van der Waals surface area (Å²) in [6.07, 6.45) is 1.92. The minimum absolute atomic E-state index is 0.0847. The molecule has 2 aromatic heterocycles. The highest BCUT2D eigenvalue weighted by molar-refractivity contribution is 6.07. The third kappa shape index (κ3) is 2.33. The third-order valence-electron chi connectivity index (χ3n) is 4.62. The van der Waals surface area contributed by atoms with Crippen LogP contribution in [-0.4, -0.2) is 51.9 Å². The van der Waals surface area contributed by atoms with E-state index in [0.717, 1.165) is 41.1 Å². The highest BCUT2D eigenvalue weighted by atomic mass is 16.6. The lowest BCUT2D eigenvalue weighted by Crippen LogP contribution is -2.49. The number of benzene rings is 1. The number of carbonyl (C=O) groups excluding carboxylic acids is 1. The summed E-state index contributed by atoms with van der Waals surface area (Å²) in [5, 5.41) is 8.77. The van der Waals surface area contributed by atoms with Crippen molar-refractivity contribution in [3.8, 4) is 0 Å². The number of aromatic nitrogens is 3. The Labute approximate surface area is 139 Å². The normalized spacial score (nSPS) is 15.2. The first-order valence-electron chi connectivity index (χ1n) is 8.02. The van der Waals surface area contributed by atoms with Gasteiger partial charge in [0.2, 0.25) is 0 Å². The van der Waals surface area contributed by atoms with Gasteiger partial charge in [-0.1, -0.05) is 23.4 Å². The molecule has 124 valence electrons. The van der Waals surface area contributed by atoms with Crippen LogP contribution in [0.5, 0.6) is 0 Å². The molecular formula is C17H19N5O2. The van der Waals surface area contributed by atoms with Crippen molar-refractivity contribution in [2.75, 3.05) is 31.1 Å². The summed E-state index contributed by atoms with van der Waals surface area (Å²) >= 11 is 0. The molecule has 0 spiro atoms. The van der Waals surface area contributed by atoms with E-state index in [1.54, 1.807) is 0 Å². The van der Waals surface area contributed by atoms with Crippen LogP contribution in [0.1, 0.15) is 16.1 Å². The first-order valence-corrected chi connectivity index (χ1v) is 8.02. The number of anilines is 1. The predicted octanol–water partition coefficient (Wildman–Crippen LogP) is 1.83. The first-order chi connectivity index (χ1) is 11.6. The van der Waals surface area contributed by atoms with Gasteiger partial charge in [-0.2, -0.15) is 0 Å². The van der Waals surface area contributed by atoms with Crippen molar-refractivity contribution in [2.45, 2.75) is 6.92 Å². The summed E-state index contributed by atoms with van der Waals surface area (Å²) in [7, 11) is 1.97. The second-order valence-corrected chi connectivity index (χ2v) is 6.12. The molecule has 1 aliphatic heterocycles. The Morgan fingerprint density at radius 2 is 1.88 bits per heavy atom. The molecule has 1 aliphatic rings. The number of nitrogens with zero attached hydrogens (tertiary/aromatic N) is 5. The van der Waals surface area contributed by atoms with Gasteiger partial charge in [-0.3, -0.25) is 4.79 Å². The molecule has 3 aromatic rings. The minimum atomic E-state index is 0.0847. The Bertz CT molecular complexity index is 889. The van der Waals surface area contributed by atoms with Gasteiger partial charge >= 0.3 is 0 Å². The second kappa shape index (κ2) is 5.67. The molecule has 0 aliphatic carbocycles. The van der Waals surface area contributed by atoms with Crippen molar-refractivity contribution in [1.82, 2.24) is 19.8 Å². The highest BCUT2D eigenvalue weighted by Gasteiger charge is 2.26. The van der Waals surface area contributed by atoms with Gasteiger partial charge in [-0.05, 0) is 18.1 Å². The predicted molar refractivity (Wildman–Crippen MR) is 90.1 cm³/mol. The van der Waals surface area contributed by atoms with E-state index in [1.165, 1.54) is 0 Å². The molecule has 0 unspecified atom stereocenters. The average molecular weight is 325 g/mol. The summed E-state index contributed by atoms with van der Waals surface area (Å²) in [5.74, 6) is 0.855. The number of hydrogen-bond acceptors (Lipinski definition) is 5. The van der Waals surface area contributed by atoms with Gasteiger partial charge < -0.3 is 14.4 Å². The topological polar surface area (TPSA) is 67.4 Å². The Morgan fingerprint density at radius 1 is 1.12 bits per heavy atom. The molecule has 7 heteroatoms. The zero-order valence-electron chi connectivity index (χ0n) is 13.8. The van der Waals surface area contributed by atoms with Crippen molar-refractivity contribution in [2.24, 2.45) is 7.05 Å². The number of para-hydroxylation sites is 1. The van der Waals surface area contributed by atoms with Gasteiger partial charge in [0.05, 0.1) is 5.56 Å². The fourth-order valence-corrected chi connectivity index (χ4v) is 3.32. The van der Waals surface area contributed by atoms with E-state index >= 15 is 0 Å². The lowest BCUT2D eigenvalue weighted by atomic mass is 10.1. The van der Waals surface area contributed by atoms with E-state index in [4.69, 9.17) is 4.63 Å². The monoisotopic (exact) mass is 325 g/mol. The summed E-state index contributed by atoms with van der Waals surface area (Å²) in [4.78, 5) is 16.9. The molecule has 1 aromatic carbocycles. The van der Waals surface area contributed by atoms with E-state index in [9.17, 15) is 4.79 Å². The largest absolute Gasteiger partial charge is 0.350 e. The van der Waals surface area contributed by atoms with Crippen LogP contribution < -0.4 is 4.90 Å². The number of amides is 1. The second-order valence-electron chi connectivity index (χ2n) is 6.12. The molecule has 1 fully saturated rings. The molecule has 0 N–H and O–H groups in total. The van der Waals surface area contributed by atoms with Gasteiger partial charge in [0.1, 0.15) is 5.69 Å². The molecule has 1 saturated heterocycles. The number of piperazine rings is 1. The van der Waals surface area contributed by atoms with Crippen LogP contribution >= 0.6 is 0 Å². The molecule has 1 amide bonds. The summed E-state index contributed by atoms with van der Waals surface area (Å²) in [6.45, 7) is 4.65. The maximum Gasteiger partial charge on any atom is 0.256 e. The smallest absolute Gasteiger partial charge is 0.256 e. The maximum absolute atomic E-state index is 12.9. The fraction of sp³-hybridized carbons (Fsp3) is 0.353. The number of carbonyl (C=O) groups is 1. The summed E-state index contributed by atoms with van der Waals surface area (Å²) in [5.41, 5.74) is 2.62. The molecule has 0 atom stereocenters. The maximum atomic E-state index is 12.9. The minimum Gasteiger partial charge on any atom is -0.350 e. The summed E-state index contributed by atoms with van der Waals surface area (Å²) < 4.78 is 6.77. The summed E-state index contributed by atoms with van der Waals surface area (Å²) in [6, 6.07) is 7.99. The molecular weight excluding hydrogens is 306 g/mol. The molecule has 0 bridgehead atoms. The van der Waals surface area contributed by atoms with Crippen molar-refractivity contribution in [1.29, 1.82) is 0 Å². The van der Waals surface area contributed by atoms with Gasteiger partial charge in [-0.25, -0.2) is 4.63 Å².